The summed E-state index contributed by atoms with van der Waals surface area (Å²) in [4.78, 5) is 96.7. The summed E-state index contributed by atoms with van der Waals surface area (Å²) >= 11 is 0. The summed E-state index contributed by atoms with van der Waals surface area (Å²) in [6.07, 6.45) is -1.57. The summed E-state index contributed by atoms with van der Waals surface area (Å²) in [5.74, 6) is -9.28. The van der Waals surface area contributed by atoms with Gasteiger partial charge in [0.1, 0.15) is 24.2 Å². The Morgan fingerprint density at radius 1 is 0.651 bits per heavy atom. The second-order valence-corrected chi connectivity index (χ2v) is 10.3. The number of carbonyl (C=O) groups excluding carboxylic acids is 5. The molecule has 0 aromatic carbocycles. The summed E-state index contributed by atoms with van der Waals surface area (Å²) < 4.78 is 0. The van der Waals surface area contributed by atoms with Crippen LogP contribution in [0.4, 0.5) is 0 Å². The zero-order valence-corrected chi connectivity index (χ0v) is 24.2. The molecule has 0 fully saturated rings. The molecule has 0 aromatic heterocycles. The molecule has 0 saturated heterocycles. The number of carboxylic acids is 3. The zero-order chi connectivity index (χ0) is 33.3. The molecule has 5 amide bonds. The Morgan fingerprint density at radius 3 is 1.65 bits per heavy atom. The lowest BCUT2D eigenvalue weighted by molar-refractivity contribution is -0.143. The van der Waals surface area contributed by atoms with E-state index in [4.69, 9.17) is 27.4 Å². The van der Waals surface area contributed by atoms with Crippen LogP contribution in [-0.2, 0) is 38.4 Å². The Labute approximate surface area is 247 Å². The smallest absolute Gasteiger partial charge is 0.326 e. The Balaban J connectivity index is 5.92. The maximum atomic E-state index is 13.3. The SMILES string of the molecule is CC(C)C[C@H](NC(=O)[C@H](CC(N)=O)NC(=O)[C@@H](N)CC(=O)O)C(=O)N[C@@H](CCC(=O)O)C(=O)N[C@@H](CCCCN)C(=O)O. The zero-order valence-electron chi connectivity index (χ0n) is 24.2. The number of nitrogens with one attached hydrogen (secondary N) is 4. The molecule has 0 aliphatic heterocycles. The minimum absolute atomic E-state index is 0.0164. The van der Waals surface area contributed by atoms with Gasteiger partial charge in [-0.2, -0.15) is 0 Å². The van der Waals surface area contributed by atoms with Gasteiger partial charge in [-0.1, -0.05) is 13.8 Å². The fourth-order valence-corrected chi connectivity index (χ4v) is 3.78. The molecule has 244 valence electrons. The number of hydrogen-bond donors (Lipinski definition) is 10. The first kappa shape index (κ1) is 38.7. The molecular weight excluding hydrogens is 574 g/mol. The van der Waals surface area contributed by atoms with Crippen LogP contribution < -0.4 is 38.5 Å². The molecule has 43 heavy (non-hydrogen) atoms. The number of amides is 5. The Hall–Kier alpha value is -4.32. The molecule has 18 nitrogen and oxygen atoms in total. The van der Waals surface area contributed by atoms with Crippen molar-refractivity contribution < 1.29 is 53.7 Å². The first-order valence-electron chi connectivity index (χ1n) is 13.6. The molecule has 0 radical (unpaired) electrons. The molecular formula is C25H43N7O11. The van der Waals surface area contributed by atoms with Gasteiger partial charge in [0.25, 0.3) is 0 Å². The Kier molecular flexibility index (Phi) is 17.8. The van der Waals surface area contributed by atoms with Crippen LogP contribution in [0.3, 0.4) is 0 Å². The quantitative estimate of drug-likeness (QED) is 0.0534. The van der Waals surface area contributed by atoms with Gasteiger partial charge in [0.15, 0.2) is 0 Å². The van der Waals surface area contributed by atoms with Gasteiger partial charge in [0.2, 0.25) is 29.5 Å². The standard InChI is InChI=1S/C25H43N7O11/c1-12(2)9-16(32-24(41)17(11-18(28)33)31-21(38)13(27)10-20(36)37)23(40)29-14(6-7-19(34)35)22(39)30-15(25(42)43)5-3-4-8-26/h12-17H,3-11,26-27H2,1-2H3,(H2,28,33)(H,29,40)(H,30,39)(H,31,38)(H,32,41)(H,34,35)(H,36,37)(H,42,43)/t13-,14-,15-,16-,17-/m0/s1. The van der Waals surface area contributed by atoms with Gasteiger partial charge in [0.05, 0.1) is 18.9 Å². The number of hydrogen-bond acceptors (Lipinski definition) is 10. The lowest BCUT2D eigenvalue weighted by Gasteiger charge is -2.27. The number of carboxylic acid groups (broad SMARTS) is 3. The van der Waals surface area contributed by atoms with E-state index in [0.717, 1.165) is 0 Å². The van der Waals surface area contributed by atoms with Gasteiger partial charge in [-0.25, -0.2) is 4.79 Å². The predicted octanol–water partition coefficient (Wildman–Crippen LogP) is -3.27. The van der Waals surface area contributed by atoms with E-state index in [1.165, 1.54) is 0 Å². The van der Waals surface area contributed by atoms with Gasteiger partial charge >= 0.3 is 17.9 Å². The summed E-state index contributed by atoms with van der Waals surface area (Å²) in [5.41, 5.74) is 16.1. The van der Waals surface area contributed by atoms with Crippen LogP contribution in [0.5, 0.6) is 0 Å². The maximum absolute atomic E-state index is 13.3. The van der Waals surface area contributed by atoms with Crippen molar-refractivity contribution in [2.45, 2.75) is 95.4 Å². The average Bonchev–Trinajstić information content (AvgIpc) is 2.88. The molecule has 5 atom stereocenters. The highest BCUT2D eigenvalue weighted by molar-refractivity contribution is 5.97. The van der Waals surface area contributed by atoms with E-state index in [1.807, 2.05) is 0 Å². The van der Waals surface area contributed by atoms with Crippen LogP contribution in [0.25, 0.3) is 0 Å². The Bertz CT molecular complexity index is 1020. The van der Waals surface area contributed by atoms with Crippen LogP contribution in [-0.4, -0.2) is 99.5 Å². The molecule has 0 saturated carbocycles. The van der Waals surface area contributed by atoms with Gasteiger partial charge in [-0.15, -0.1) is 0 Å². The van der Waals surface area contributed by atoms with E-state index in [0.29, 0.717) is 19.4 Å². The van der Waals surface area contributed by atoms with Crippen molar-refractivity contribution in [3.63, 3.8) is 0 Å². The molecule has 0 spiro atoms. The third-order valence-corrected chi connectivity index (χ3v) is 5.95. The molecule has 0 bridgehead atoms. The second kappa shape index (κ2) is 19.7. The summed E-state index contributed by atoms with van der Waals surface area (Å²) in [6, 6.07) is -7.40. The van der Waals surface area contributed by atoms with Gasteiger partial charge in [-0.3, -0.25) is 33.6 Å². The topological polar surface area (TPSA) is 323 Å². The number of nitrogens with two attached hydrogens (primary N) is 3. The first-order valence-corrected chi connectivity index (χ1v) is 13.6. The second-order valence-electron chi connectivity index (χ2n) is 10.3. The van der Waals surface area contributed by atoms with Crippen molar-refractivity contribution in [2.24, 2.45) is 23.1 Å². The minimum Gasteiger partial charge on any atom is -0.481 e. The number of carbonyl (C=O) groups is 8. The molecule has 0 rings (SSSR count). The largest absolute Gasteiger partial charge is 0.481 e. The first-order chi connectivity index (χ1) is 20.0. The van der Waals surface area contributed by atoms with Crippen LogP contribution in [0.15, 0.2) is 0 Å². The van der Waals surface area contributed by atoms with E-state index in [2.05, 4.69) is 21.3 Å². The van der Waals surface area contributed by atoms with Crippen LogP contribution >= 0.6 is 0 Å². The van der Waals surface area contributed by atoms with Crippen LogP contribution in [0.1, 0.15) is 65.2 Å². The fourth-order valence-electron chi connectivity index (χ4n) is 3.78. The van der Waals surface area contributed by atoms with Crippen molar-refractivity contribution >= 4 is 47.4 Å². The predicted molar refractivity (Wildman–Crippen MR) is 149 cm³/mol. The van der Waals surface area contributed by atoms with E-state index in [-0.39, 0.29) is 18.8 Å². The lowest BCUT2D eigenvalue weighted by atomic mass is 10.0. The monoisotopic (exact) mass is 617 g/mol. The van der Waals surface area contributed by atoms with E-state index in [1.54, 1.807) is 13.8 Å². The number of unbranched alkanes of at least 4 members (excludes halogenated alkanes) is 1. The van der Waals surface area contributed by atoms with Crippen LogP contribution in [0, 0.1) is 5.92 Å². The fraction of sp³-hybridized carbons (Fsp3) is 0.680. The molecule has 0 aliphatic rings. The summed E-state index contributed by atoms with van der Waals surface area (Å²) in [6.45, 7) is 3.71. The van der Waals surface area contributed by atoms with E-state index >= 15 is 0 Å². The summed E-state index contributed by atoms with van der Waals surface area (Å²) in [5, 5.41) is 36.5. The number of primary amides is 1. The van der Waals surface area contributed by atoms with Gasteiger partial charge < -0.3 is 53.8 Å². The molecule has 0 aromatic rings. The number of rotatable bonds is 22. The van der Waals surface area contributed by atoms with Crippen LogP contribution in [0.2, 0.25) is 0 Å². The van der Waals surface area contributed by atoms with Crippen molar-refractivity contribution in [3.05, 3.63) is 0 Å². The van der Waals surface area contributed by atoms with Crippen molar-refractivity contribution in [3.8, 4) is 0 Å². The summed E-state index contributed by atoms with van der Waals surface area (Å²) in [7, 11) is 0. The van der Waals surface area contributed by atoms with E-state index < -0.39 is 103 Å². The molecule has 13 N–H and O–H groups in total. The molecule has 0 unspecified atom stereocenters. The van der Waals surface area contributed by atoms with Crippen molar-refractivity contribution in [2.75, 3.05) is 6.54 Å². The third-order valence-electron chi connectivity index (χ3n) is 5.95. The minimum atomic E-state index is -1.64. The third kappa shape index (κ3) is 16.6. The lowest BCUT2D eigenvalue weighted by Crippen LogP contribution is -2.59. The normalized spacial score (nSPS) is 14.3. The Morgan fingerprint density at radius 2 is 1.16 bits per heavy atom. The molecule has 0 heterocycles. The van der Waals surface area contributed by atoms with Gasteiger partial charge in [0, 0.05) is 6.42 Å². The van der Waals surface area contributed by atoms with Gasteiger partial charge in [-0.05, 0) is 44.6 Å². The highest BCUT2D eigenvalue weighted by Crippen LogP contribution is 2.09. The average molecular weight is 618 g/mol. The maximum Gasteiger partial charge on any atom is 0.326 e. The molecule has 18 heteroatoms. The highest BCUT2D eigenvalue weighted by Gasteiger charge is 2.33. The number of aliphatic carboxylic acids is 3. The molecule has 0 aliphatic carbocycles. The highest BCUT2D eigenvalue weighted by atomic mass is 16.4. The van der Waals surface area contributed by atoms with Crippen molar-refractivity contribution in [1.29, 1.82) is 0 Å². The van der Waals surface area contributed by atoms with E-state index in [9.17, 15) is 43.5 Å². The van der Waals surface area contributed by atoms with Crippen molar-refractivity contribution in [1.82, 2.24) is 21.3 Å².